The van der Waals surface area contributed by atoms with Gasteiger partial charge in [0.15, 0.2) is 0 Å². The Balaban J connectivity index is 2.58. The third-order valence-corrected chi connectivity index (χ3v) is 3.74. The normalized spacial score (nSPS) is 36.2. The van der Waals surface area contributed by atoms with Crippen molar-refractivity contribution < 1.29 is 9.84 Å². The molecule has 1 fully saturated rings. The van der Waals surface area contributed by atoms with Crippen molar-refractivity contribution in [1.82, 2.24) is 0 Å². The molecule has 3 heteroatoms. The highest BCUT2D eigenvalue weighted by atomic mass is 16.5. The van der Waals surface area contributed by atoms with Crippen LogP contribution < -0.4 is 5.73 Å². The minimum atomic E-state index is -0.438. The Bertz CT molecular complexity index is 220. The summed E-state index contributed by atoms with van der Waals surface area (Å²) < 4.78 is 6.00. The van der Waals surface area contributed by atoms with Crippen LogP contribution in [0.2, 0.25) is 0 Å². The maximum Gasteiger partial charge on any atom is 0.0687 e. The van der Waals surface area contributed by atoms with Crippen LogP contribution in [0.15, 0.2) is 12.7 Å². The molecule has 1 aliphatic rings. The van der Waals surface area contributed by atoms with Crippen molar-refractivity contribution in [3.8, 4) is 0 Å². The number of aliphatic hydroxyl groups is 1. The van der Waals surface area contributed by atoms with Crippen molar-refractivity contribution in [2.24, 2.45) is 17.6 Å². The second-order valence-electron chi connectivity index (χ2n) is 4.79. The van der Waals surface area contributed by atoms with Gasteiger partial charge < -0.3 is 15.6 Å². The van der Waals surface area contributed by atoms with Crippen molar-refractivity contribution in [3.63, 3.8) is 0 Å². The average molecular weight is 227 g/mol. The first-order chi connectivity index (χ1) is 7.63. The van der Waals surface area contributed by atoms with Crippen molar-refractivity contribution in [3.05, 3.63) is 12.7 Å². The van der Waals surface area contributed by atoms with Crippen molar-refractivity contribution in [1.29, 1.82) is 0 Å². The third kappa shape index (κ3) is 3.06. The Morgan fingerprint density at radius 2 is 2.19 bits per heavy atom. The highest BCUT2D eigenvalue weighted by Gasteiger charge is 2.40. The Labute approximate surface area is 98.7 Å². The summed E-state index contributed by atoms with van der Waals surface area (Å²) in [5.41, 5.74) is 5.43. The fraction of sp³-hybridized carbons (Fsp3) is 0.846. The Kier molecular flexibility index (Phi) is 5.46. The quantitative estimate of drug-likeness (QED) is 0.679. The van der Waals surface area contributed by atoms with E-state index in [4.69, 9.17) is 10.5 Å². The molecule has 0 aromatic carbocycles. The molecule has 1 rings (SSSR count). The lowest BCUT2D eigenvalue weighted by atomic mass is 9.84. The van der Waals surface area contributed by atoms with Gasteiger partial charge in [0.2, 0.25) is 0 Å². The van der Waals surface area contributed by atoms with Gasteiger partial charge in [0.1, 0.15) is 0 Å². The predicted molar refractivity (Wildman–Crippen MR) is 66.1 cm³/mol. The molecule has 1 heterocycles. The molecule has 0 radical (unpaired) electrons. The molecule has 0 saturated carbocycles. The highest BCUT2D eigenvalue weighted by Crippen LogP contribution is 2.38. The predicted octanol–water partition coefficient (Wildman–Crippen LogP) is 1.70. The smallest absolute Gasteiger partial charge is 0.0687 e. The highest BCUT2D eigenvalue weighted by molar-refractivity contribution is 4.91. The molecule has 1 aliphatic heterocycles. The van der Waals surface area contributed by atoms with E-state index in [0.29, 0.717) is 24.8 Å². The largest absolute Gasteiger partial charge is 0.392 e. The average Bonchev–Trinajstić information content (AvgIpc) is 2.56. The molecule has 3 nitrogen and oxygen atoms in total. The molecule has 1 saturated heterocycles. The molecule has 0 aliphatic carbocycles. The van der Waals surface area contributed by atoms with Crippen molar-refractivity contribution >= 4 is 0 Å². The fourth-order valence-corrected chi connectivity index (χ4v) is 2.73. The summed E-state index contributed by atoms with van der Waals surface area (Å²) in [6.45, 7) is 8.50. The van der Waals surface area contributed by atoms with Crippen LogP contribution in [0, 0.1) is 11.8 Å². The zero-order valence-corrected chi connectivity index (χ0v) is 10.4. The minimum absolute atomic E-state index is 0.147. The number of aliphatic hydroxyl groups excluding tert-OH is 1. The van der Waals surface area contributed by atoms with E-state index >= 15 is 0 Å². The number of hydrogen-bond donors (Lipinski definition) is 2. The zero-order valence-electron chi connectivity index (χ0n) is 10.4. The van der Waals surface area contributed by atoms with Gasteiger partial charge in [-0.25, -0.2) is 0 Å². The van der Waals surface area contributed by atoms with Gasteiger partial charge in [-0.15, -0.1) is 6.58 Å². The van der Waals surface area contributed by atoms with Gasteiger partial charge in [-0.05, 0) is 18.3 Å². The van der Waals surface area contributed by atoms with E-state index in [2.05, 4.69) is 20.4 Å². The van der Waals surface area contributed by atoms with Gasteiger partial charge in [-0.2, -0.15) is 0 Å². The topological polar surface area (TPSA) is 55.5 Å². The molecule has 5 atom stereocenters. The first-order valence-corrected chi connectivity index (χ1v) is 6.28. The van der Waals surface area contributed by atoms with Gasteiger partial charge in [0, 0.05) is 13.0 Å². The van der Waals surface area contributed by atoms with E-state index in [-0.39, 0.29) is 12.2 Å². The maximum atomic E-state index is 9.59. The summed E-state index contributed by atoms with van der Waals surface area (Å²) in [6.07, 6.45) is 4.57. The first-order valence-electron chi connectivity index (χ1n) is 6.28. The van der Waals surface area contributed by atoms with Crippen LogP contribution in [-0.4, -0.2) is 30.0 Å². The van der Waals surface area contributed by atoms with Crippen LogP contribution in [-0.2, 0) is 4.74 Å². The second kappa shape index (κ2) is 6.38. The summed E-state index contributed by atoms with van der Waals surface area (Å²) in [4.78, 5) is 0. The van der Waals surface area contributed by atoms with Crippen molar-refractivity contribution in [2.75, 3.05) is 6.54 Å². The summed E-state index contributed by atoms with van der Waals surface area (Å²) in [5, 5.41) is 9.59. The van der Waals surface area contributed by atoms with E-state index in [1.807, 2.05) is 6.08 Å². The van der Waals surface area contributed by atoms with E-state index < -0.39 is 6.10 Å². The van der Waals surface area contributed by atoms with Crippen molar-refractivity contribution in [2.45, 2.75) is 51.4 Å². The van der Waals surface area contributed by atoms with Crippen LogP contribution >= 0.6 is 0 Å². The number of rotatable bonds is 6. The molecule has 0 spiro atoms. The first kappa shape index (κ1) is 13.7. The molecule has 3 N–H and O–H groups in total. The Morgan fingerprint density at radius 1 is 1.50 bits per heavy atom. The molecule has 0 aromatic heterocycles. The third-order valence-electron chi connectivity index (χ3n) is 3.74. The van der Waals surface area contributed by atoms with Crippen LogP contribution in [0.4, 0.5) is 0 Å². The molecule has 0 bridgehead atoms. The maximum absolute atomic E-state index is 9.59. The zero-order chi connectivity index (χ0) is 12.1. The molecule has 94 valence electrons. The SMILES string of the molecule is C=CC[C@@H]1O[C@H](C[C@H](O)CN)[C@H](C)[C@H]1CC. The molecule has 16 heavy (non-hydrogen) atoms. The summed E-state index contributed by atoms with van der Waals surface area (Å²) in [7, 11) is 0. The van der Waals surface area contributed by atoms with Crippen LogP contribution in [0.3, 0.4) is 0 Å². The lowest BCUT2D eigenvalue weighted by molar-refractivity contribution is 0.00269. The van der Waals surface area contributed by atoms with Crippen LogP contribution in [0.25, 0.3) is 0 Å². The number of ether oxygens (including phenoxy) is 1. The minimum Gasteiger partial charge on any atom is -0.392 e. The number of hydrogen-bond acceptors (Lipinski definition) is 3. The monoisotopic (exact) mass is 227 g/mol. The molecule has 0 amide bonds. The molecular weight excluding hydrogens is 202 g/mol. The lowest BCUT2D eigenvalue weighted by Crippen LogP contribution is -2.28. The Morgan fingerprint density at radius 3 is 2.69 bits per heavy atom. The van der Waals surface area contributed by atoms with Crippen LogP contribution in [0.5, 0.6) is 0 Å². The standard InChI is InChI=1S/C13H25NO2/c1-4-6-12-11(5-2)9(3)13(16-12)7-10(15)8-14/h4,9-13,15H,1,5-8,14H2,2-3H3/t9-,10+,11-,12+,13-/m1/s1. The van der Waals surface area contributed by atoms with E-state index in [1.165, 1.54) is 0 Å². The lowest BCUT2D eigenvalue weighted by Gasteiger charge is -2.19. The summed E-state index contributed by atoms with van der Waals surface area (Å²) in [5.74, 6) is 1.07. The van der Waals surface area contributed by atoms with Crippen LogP contribution in [0.1, 0.15) is 33.1 Å². The second-order valence-corrected chi connectivity index (χ2v) is 4.79. The van der Waals surface area contributed by atoms with Gasteiger partial charge in [-0.3, -0.25) is 0 Å². The summed E-state index contributed by atoms with van der Waals surface area (Å²) >= 11 is 0. The molecular formula is C13H25NO2. The van der Waals surface area contributed by atoms with Gasteiger partial charge in [0.05, 0.1) is 18.3 Å². The van der Waals surface area contributed by atoms with Gasteiger partial charge in [-0.1, -0.05) is 26.3 Å². The summed E-state index contributed by atoms with van der Waals surface area (Å²) in [6, 6.07) is 0. The van der Waals surface area contributed by atoms with Gasteiger partial charge in [0.25, 0.3) is 0 Å². The van der Waals surface area contributed by atoms with E-state index in [9.17, 15) is 5.11 Å². The Hall–Kier alpha value is -0.380. The fourth-order valence-electron chi connectivity index (χ4n) is 2.73. The van der Waals surface area contributed by atoms with E-state index in [0.717, 1.165) is 12.8 Å². The van der Waals surface area contributed by atoms with Gasteiger partial charge >= 0.3 is 0 Å². The molecule has 0 aromatic rings. The molecule has 0 unspecified atom stereocenters. The number of nitrogens with two attached hydrogens (primary N) is 1. The van der Waals surface area contributed by atoms with E-state index in [1.54, 1.807) is 0 Å².